The quantitative estimate of drug-likeness (QED) is 0.819. The van der Waals surface area contributed by atoms with Crippen LogP contribution in [0.5, 0.6) is 0 Å². The van der Waals surface area contributed by atoms with Crippen LogP contribution in [-0.4, -0.2) is 47.7 Å². The maximum atomic E-state index is 12.2. The van der Waals surface area contributed by atoms with Crippen LogP contribution in [0.2, 0.25) is 0 Å². The number of hydrogen-bond donors (Lipinski definition) is 1. The largest absolute Gasteiger partial charge is 0.325 e. The second kappa shape index (κ2) is 7.79. The molecule has 0 aromatic heterocycles. The fourth-order valence-electron chi connectivity index (χ4n) is 3.05. The first-order valence-corrected chi connectivity index (χ1v) is 8.94. The second-order valence-electron chi connectivity index (χ2n) is 5.87. The van der Waals surface area contributed by atoms with Crippen LogP contribution >= 0.6 is 11.8 Å². The molecule has 22 heavy (non-hydrogen) atoms. The third-order valence-electron chi connectivity index (χ3n) is 4.23. The molecule has 0 bridgehead atoms. The van der Waals surface area contributed by atoms with Crippen molar-refractivity contribution in [3.05, 3.63) is 29.8 Å². The van der Waals surface area contributed by atoms with Gasteiger partial charge in [0.25, 0.3) is 0 Å². The number of Topliss-reactive ketones (excluding diaryl/α,β-unsaturated/α-hetero) is 1. The number of nitrogens with one attached hydrogen (secondary N) is 1. The van der Waals surface area contributed by atoms with Crippen LogP contribution in [0, 0.1) is 0 Å². The highest BCUT2D eigenvalue weighted by Gasteiger charge is 2.30. The third kappa shape index (κ3) is 4.34. The highest BCUT2D eigenvalue weighted by Crippen LogP contribution is 2.31. The smallest absolute Gasteiger partial charge is 0.238 e. The normalized spacial score (nSPS) is 21.1. The van der Waals surface area contributed by atoms with Gasteiger partial charge in [-0.05, 0) is 45.2 Å². The summed E-state index contributed by atoms with van der Waals surface area (Å²) in [6.07, 6.45) is 5.78. The van der Waals surface area contributed by atoms with Gasteiger partial charge in [-0.3, -0.25) is 14.5 Å². The number of ketones is 1. The summed E-state index contributed by atoms with van der Waals surface area (Å²) in [4.78, 5) is 25.7. The standard InChI is InChI=1S/C17H24N2O2S/c1-12(20)13-6-4-7-14(10-13)18-17(21)11-19(2)15-8-5-9-16(15)22-3/h4,6-7,10,15-16H,5,8-9,11H2,1-3H3,(H,18,21)/t15-,16+/m1/s1. The average Bonchev–Trinajstić information content (AvgIpc) is 2.95. The lowest BCUT2D eigenvalue weighted by Crippen LogP contribution is -2.41. The highest BCUT2D eigenvalue weighted by molar-refractivity contribution is 7.99. The molecule has 1 saturated carbocycles. The molecule has 1 aromatic carbocycles. The van der Waals surface area contributed by atoms with Crippen LogP contribution < -0.4 is 5.32 Å². The summed E-state index contributed by atoms with van der Waals surface area (Å²) in [5, 5.41) is 3.51. The van der Waals surface area contributed by atoms with Gasteiger partial charge in [0, 0.05) is 22.5 Å². The molecule has 120 valence electrons. The van der Waals surface area contributed by atoms with Gasteiger partial charge in [0.15, 0.2) is 5.78 Å². The van der Waals surface area contributed by atoms with Crippen molar-refractivity contribution in [3.8, 4) is 0 Å². The molecular weight excluding hydrogens is 296 g/mol. The summed E-state index contributed by atoms with van der Waals surface area (Å²) in [5.41, 5.74) is 1.29. The summed E-state index contributed by atoms with van der Waals surface area (Å²) < 4.78 is 0. The van der Waals surface area contributed by atoms with Crippen molar-refractivity contribution in [3.63, 3.8) is 0 Å². The topological polar surface area (TPSA) is 49.4 Å². The van der Waals surface area contributed by atoms with Crippen LogP contribution in [0.25, 0.3) is 0 Å². The zero-order valence-electron chi connectivity index (χ0n) is 13.5. The van der Waals surface area contributed by atoms with Crippen LogP contribution in [0.4, 0.5) is 5.69 Å². The number of thioether (sulfide) groups is 1. The van der Waals surface area contributed by atoms with Gasteiger partial charge in [-0.25, -0.2) is 0 Å². The lowest BCUT2D eigenvalue weighted by atomic mass is 10.1. The fraction of sp³-hybridized carbons (Fsp3) is 0.529. The SMILES string of the molecule is CS[C@H]1CCC[C@H]1N(C)CC(=O)Nc1cccc(C(C)=O)c1. The molecule has 1 fully saturated rings. The summed E-state index contributed by atoms with van der Waals surface area (Å²) in [5.74, 6) is -0.0306. The number of hydrogen-bond acceptors (Lipinski definition) is 4. The molecule has 2 atom stereocenters. The van der Waals surface area contributed by atoms with E-state index in [4.69, 9.17) is 0 Å². The van der Waals surface area contributed by atoms with Gasteiger partial charge < -0.3 is 5.32 Å². The first-order valence-electron chi connectivity index (χ1n) is 7.65. The van der Waals surface area contributed by atoms with Gasteiger partial charge in [-0.2, -0.15) is 11.8 Å². The minimum absolute atomic E-state index is 0.00184. The van der Waals surface area contributed by atoms with E-state index in [9.17, 15) is 9.59 Å². The fourth-order valence-corrected chi connectivity index (χ4v) is 4.11. The van der Waals surface area contributed by atoms with Crippen LogP contribution in [0.3, 0.4) is 0 Å². The number of nitrogens with zero attached hydrogens (tertiary/aromatic N) is 1. The van der Waals surface area contributed by atoms with E-state index in [1.807, 2.05) is 24.9 Å². The lowest BCUT2D eigenvalue weighted by molar-refractivity contribution is -0.117. The number of likely N-dealkylation sites (N-methyl/N-ethyl adjacent to an activating group) is 1. The van der Waals surface area contributed by atoms with E-state index in [0.717, 1.165) is 6.42 Å². The Labute approximate surface area is 136 Å². The summed E-state index contributed by atoms with van der Waals surface area (Å²) in [7, 11) is 2.02. The number of amides is 1. The number of carbonyl (C=O) groups is 2. The van der Waals surface area contributed by atoms with E-state index in [0.29, 0.717) is 29.1 Å². The maximum Gasteiger partial charge on any atom is 0.238 e. The van der Waals surface area contributed by atoms with E-state index < -0.39 is 0 Å². The van der Waals surface area contributed by atoms with Crippen molar-refractivity contribution in [2.24, 2.45) is 0 Å². The first-order chi connectivity index (χ1) is 10.5. The molecule has 2 rings (SSSR count). The molecule has 0 aliphatic heterocycles. The van der Waals surface area contributed by atoms with Gasteiger partial charge in [0.1, 0.15) is 0 Å². The minimum Gasteiger partial charge on any atom is -0.325 e. The van der Waals surface area contributed by atoms with E-state index in [1.54, 1.807) is 18.2 Å². The van der Waals surface area contributed by atoms with Crippen molar-refractivity contribution >= 4 is 29.1 Å². The third-order valence-corrected chi connectivity index (χ3v) is 5.39. The Hall–Kier alpha value is -1.33. The number of benzene rings is 1. The average molecular weight is 320 g/mol. The molecule has 5 heteroatoms. The summed E-state index contributed by atoms with van der Waals surface area (Å²) in [6, 6.07) is 7.55. The predicted molar refractivity (Wildman–Crippen MR) is 92.6 cm³/mol. The van der Waals surface area contributed by atoms with Gasteiger partial charge in [0.2, 0.25) is 5.91 Å². The Balaban J connectivity index is 1.92. The van der Waals surface area contributed by atoms with Gasteiger partial charge in [-0.15, -0.1) is 0 Å². The van der Waals surface area contributed by atoms with Crippen molar-refractivity contribution < 1.29 is 9.59 Å². The van der Waals surface area contributed by atoms with Crippen LogP contribution in [-0.2, 0) is 4.79 Å². The molecule has 4 nitrogen and oxygen atoms in total. The Morgan fingerprint density at radius 3 is 2.82 bits per heavy atom. The van der Waals surface area contributed by atoms with Gasteiger partial charge >= 0.3 is 0 Å². The zero-order chi connectivity index (χ0) is 16.1. The molecule has 0 heterocycles. The van der Waals surface area contributed by atoms with Crippen LogP contribution in [0.15, 0.2) is 24.3 Å². The van der Waals surface area contributed by atoms with Crippen LogP contribution in [0.1, 0.15) is 36.5 Å². The van der Waals surface area contributed by atoms with Crippen molar-refractivity contribution in [2.45, 2.75) is 37.5 Å². The molecule has 1 N–H and O–H groups in total. The van der Waals surface area contributed by atoms with Gasteiger partial charge in [0.05, 0.1) is 6.54 Å². The monoisotopic (exact) mass is 320 g/mol. The molecule has 0 unspecified atom stereocenters. The van der Waals surface area contributed by atoms with E-state index in [1.165, 1.54) is 19.8 Å². The zero-order valence-corrected chi connectivity index (χ0v) is 14.3. The number of rotatable bonds is 6. The maximum absolute atomic E-state index is 12.2. The Morgan fingerprint density at radius 2 is 2.14 bits per heavy atom. The van der Waals surface area contributed by atoms with Crippen molar-refractivity contribution in [2.75, 3.05) is 25.2 Å². The molecule has 1 aliphatic carbocycles. The molecule has 1 amide bonds. The Morgan fingerprint density at radius 1 is 1.36 bits per heavy atom. The van der Waals surface area contributed by atoms with E-state index >= 15 is 0 Å². The predicted octanol–water partition coefficient (Wildman–Crippen LogP) is 3.04. The molecule has 1 aromatic rings. The number of anilines is 1. The molecule has 0 saturated heterocycles. The summed E-state index contributed by atoms with van der Waals surface area (Å²) >= 11 is 1.89. The minimum atomic E-state index is -0.0324. The molecule has 0 spiro atoms. The van der Waals surface area contributed by atoms with E-state index in [-0.39, 0.29) is 11.7 Å². The van der Waals surface area contributed by atoms with E-state index in [2.05, 4.69) is 16.5 Å². The first kappa shape index (κ1) is 17.0. The highest BCUT2D eigenvalue weighted by atomic mass is 32.2. The Kier molecular flexibility index (Phi) is 6.03. The summed E-state index contributed by atoms with van der Waals surface area (Å²) in [6.45, 7) is 1.91. The lowest BCUT2D eigenvalue weighted by Gasteiger charge is -2.28. The number of carbonyl (C=O) groups excluding carboxylic acids is 2. The molecule has 0 radical (unpaired) electrons. The second-order valence-corrected chi connectivity index (χ2v) is 6.95. The van der Waals surface area contributed by atoms with Gasteiger partial charge in [-0.1, -0.05) is 18.6 Å². The molecular formula is C17H24N2O2S. The Bertz CT molecular complexity index is 547. The van der Waals surface area contributed by atoms with Crippen molar-refractivity contribution in [1.82, 2.24) is 4.90 Å². The van der Waals surface area contributed by atoms with Crippen molar-refractivity contribution in [1.29, 1.82) is 0 Å². The molecule has 1 aliphatic rings.